The summed E-state index contributed by atoms with van der Waals surface area (Å²) in [6, 6.07) is 4.26. The monoisotopic (exact) mass is 390 g/mol. The fourth-order valence-electron chi connectivity index (χ4n) is 2.74. The number of piperidine rings is 1. The van der Waals surface area contributed by atoms with E-state index in [1.165, 1.54) is 25.3 Å². The van der Waals surface area contributed by atoms with Crippen molar-refractivity contribution in [1.29, 1.82) is 0 Å². The number of anilines is 1. The molecule has 0 bridgehead atoms. The predicted molar refractivity (Wildman–Crippen MR) is 97.0 cm³/mol. The van der Waals surface area contributed by atoms with Crippen LogP contribution in [0.25, 0.3) is 0 Å². The van der Waals surface area contributed by atoms with Gasteiger partial charge < -0.3 is 15.4 Å². The largest absolute Gasteiger partial charge is 0.465 e. The maximum absolute atomic E-state index is 12.4. The Labute approximate surface area is 153 Å². The van der Waals surface area contributed by atoms with Crippen LogP contribution in [-0.2, 0) is 19.4 Å². The van der Waals surface area contributed by atoms with Crippen LogP contribution in [0.2, 0.25) is 0 Å². The first-order valence-electron chi connectivity index (χ1n) is 7.68. The van der Waals surface area contributed by atoms with Crippen molar-refractivity contribution in [2.75, 3.05) is 25.2 Å². The zero-order valence-corrected chi connectivity index (χ0v) is 16.0. The van der Waals surface area contributed by atoms with Gasteiger partial charge in [0.1, 0.15) is 0 Å². The van der Waals surface area contributed by atoms with Crippen molar-refractivity contribution < 1.29 is 22.7 Å². The molecule has 9 heteroatoms. The number of benzene rings is 1. The Morgan fingerprint density at radius 1 is 1.28 bits per heavy atom. The van der Waals surface area contributed by atoms with E-state index in [0.717, 1.165) is 12.8 Å². The summed E-state index contributed by atoms with van der Waals surface area (Å²) in [4.78, 5) is 24.1. The number of halogens is 1. The Balaban J connectivity index is 0.00000312. The lowest BCUT2D eigenvalue weighted by molar-refractivity contribution is -0.120. The van der Waals surface area contributed by atoms with Gasteiger partial charge in [-0.25, -0.2) is 13.2 Å². The molecule has 0 aromatic heterocycles. The number of carbonyl (C=O) groups is 2. The second-order valence-electron chi connectivity index (χ2n) is 6.08. The molecule has 1 aliphatic heterocycles. The van der Waals surface area contributed by atoms with Crippen molar-refractivity contribution in [3.05, 3.63) is 23.8 Å². The number of hydrogen-bond donors (Lipinski definition) is 2. The van der Waals surface area contributed by atoms with Crippen LogP contribution in [0.5, 0.6) is 0 Å². The van der Waals surface area contributed by atoms with E-state index in [9.17, 15) is 18.0 Å². The van der Waals surface area contributed by atoms with Gasteiger partial charge in [-0.05, 0) is 44.5 Å². The average Bonchev–Trinajstić information content (AvgIpc) is 2.53. The molecule has 1 heterocycles. The fourth-order valence-corrected chi connectivity index (χ4v) is 3.42. The van der Waals surface area contributed by atoms with E-state index < -0.39 is 15.8 Å². The number of sulfone groups is 1. The minimum atomic E-state index is -3.53. The Bertz CT molecular complexity index is 751. The molecule has 2 atom stereocenters. The molecule has 7 nitrogen and oxygen atoms in total. The highest BCUT2D eigenvalue weighted by Crippen LogP contribution is 2.23. The van der Waals surface area contributed by atoms with Crippen molar-refractivity contribution >= 4 is 39.8 Å². The second kappa shape index (κ2) is 8.64. The minimum Gasteiger partial charge on any atom is -0.465 e. The quantitative estimate of drug-likeness (QED) is 0.757. The molecule has 1 aromatic rings. The number of hydrogen-bond acceptors (Lipinski definition) is 6. The maximum Gasteiger partial charge on any atom is 0.337 e. The van der Waals surface area contributed by atoms with Crippen LogP contribution in [0.1, 0.15) is 30.1 Å². The summed E-state index contributed by atoms with van der Waals surface area (Å²) < 4.78 is 28.3. The zero-order chi connectivity index (χ0) is 17.9. The van der Waals surface area contributed by atoms with Crippen LogP contribution < -0.4 is 10.6 Å². The van der Waals surface area contributed by atoms with Crippen molar-refractivity contribution in [3.63, 3.8) is 0 Å². The molecule has 0 spiro atoms. The number of ether oxygens (including phenoxy) is 1. The number of nitrogens with one attached hydrogen (secondary N) is 2. The molecular formula is C16H23ClN2O5S. The Morgan fingerprint density at radius 3 is 2.52 bits per heavy atom. The lowest BCUT2D eigenvalue weighted by Gasteiger charge is -2.27. The van der Waals surface area contributed by atoms with Gasteiger partial charge >= 0.3 is 5.97 Å². The molecule has 1 saturated heterocycles. The van der Waals surface area contributed by atoms with Crippen LogP contribution >= 0.6 is 12.4 Å². The van der Waals surface area contributed by atoms with Gasteiger partial charge in [0.2, 0.25) is 5.91 Å². The SMILES string of the molecule is COC(=O)c1cc(NC(=O)[C@H]2CCN[C@@H](C)C2)cc(S(C)(=O)=O)c1.Cl. The van der Waals surface area contributed by atoms with Crippen molar-refractivity contribution in [2.24, 2.45) is 5.92 Å². The molecule has 0 saturated carbocycles. The van der Waals surface area contributed by atoms with E-state index in [4.69, 9.17) is 0 Å². The van der Waals surface area contributed by atoms with E-state index in [1.807, 2.05) is 6.92 Å². The van der Waals surface area contributed by atoms with E-state index >= 15 is 0 Å². The molecular weight excluding hydrogens is 368 g/mol. The van der Waals surface area contributed by atoms with Crippen LogP contribution in [0.15, 0.2) is 23.1 Å². The van der Waals surface area contributed by atoms with Crippen LogP contribution in [0, 0.1) is 5.92 Å². The number of esters is 1. The Kier molecular flexibility index (Phi) is 7.40. The number of amides is 1. The third kappa shape index (κ3) is 5.69. The minimum absolute atomic E-state index is 0. The molecule has 2 rings (SSSR count). The van der Waals surface area contributed by atoms with Crippen LogP contribution in [0.3, 0.4) is 0 Å². The van der Waals surface area contributed by atoms with E-state index in [0.29, 0.717) is 12.8 Å². The molecule has 140 valence electrons. The molecule has 1 aliphatic rings. The molecule has 1 fully saturated rings. The van der Waals surface area contributed by atoms with Crippen LogP contribution in [-0.4, -0.2) is 46.2 Å². The predicted octanol–water partition coefficient (Wildman–Crippen LogP) is 1.63. The summed E-state index contributed by atoms with van der Waals surface area (Å²) in [5.41, 5.74) is 0.351. The van der Waals surface area contributed by atoms with E-state index in [-0.39, 0.29) is 46.4 Å². The van der Waals surface area contributed by atoms with Gasteiger partial charge in [0, 0.05) is 23.9 Å². The summed E-state index contributed by atoms with van der Waals surface area (Å²) in [5, 5.41) is 6.00. The van der Waals surface area contributed by atoms with Gasteiger partial charge in [-0.1, -0.05) is 0 Å². The number of carbonyl (C=O) groups excluding carboxylic acids is 2. The highest BCUT2D eigenvalue weighted by Gasteiger charge is 2.25. The van der Waals surface area contributed by atoms with Gasteiger partial charge in [-0.15, -0.1) is 12.4 Å². The topological polar surface area (TPSA) is 102 Å². The number of rotatable bonds is 4. The Morgan fingerprint density at radius 2 is 1.96 bits per heavy atom. The smallest absolute Gasteiger partial charge is 0.337 e. The highest BCUT2D eigenvalue weighted by atomic mass is 35.5. The summed E-state index contributed by atoms with van der Waals surface area (Å²) in [7, 11) is -2.32. The number of methoxy groups -OCH3 is 1. The average molecular weight is 391 g/mol. The molecule has 25 heavy (non-hydrogen) atoms. The lowest BCUT2D eigenvalue weighted by Crippen LogP contribution is -2.40. The van der Waals surface area contributed by atoms with Crippen LogP contribution in [0.4, 0.5) is 5.69 Å². The normalized spacial score (nSPS) is 20.3. The van der Waals surface area contributed by atoms with Gasteiger partial charge in [-0.3, -0.25) is 4.79 Å². The molecule has 1 aromatic carbocycles. The first-order valence-corrected chi connectivity index (χ1v) is 9.57. The molecule has 0 aliphatic carbocycles. The lowest BCUT2D eigenvalue weighted by atomic mass is 9.92. The second-order valence-corrected chi connectivity index (χ2v) is 8.09. The highest BCUT2D eigenvalue weighted by molar-refractivity contribution is 7.90. The molecule has 0 unspecified atom stereocenters. The fraction of sp³-hybridized carbons (Fsp3) is 0.500. The van der Waals surface area contributed by atoms with Crippen molar-refractivity contribution in [1.82, 2.24) is 5.32 Å². The summed E-state index contributed by atoms with van der Waals surface area (Å²) in [6.45, 7) is 2.77. The van der Waals surface area contributed by atoms with Gasteiger partial charge in [0.15, 0.2) is 9.84 Å². The maximum atomic E-state index is 12.4. The van der Waals surface area contributed by atoms with Gasteiger partial charge in [0.25, 0.3) is 0 Å². The first kappa shape index (κ1) is 21.4. The first-order chi connectivity index (χ1) is 11.2. The van der Waals surface area contributed by atoms with Gasteiger partial charge in [-0.2, -0.15) is 0 Å². The van der Waals surface area contributed by atoms with Crippen molar-refractivity contribution in [2.45, 2.75) is 30.7 Å². The molecule has 1 amide bonds. The third-order valence-corrected chi connectivity index (χ3v) is 5.11. The standard InChI is InChI=1S/C16H22N2O5S.ClH/c1-10-6-11(4-5-17-10)15(19)18-13-7-12(16(20)23-2)8-14(9-13)24(3,21)22;/h7-11,17H,4-6H2,1-3H3,(H,18,19);1H/t10-,11-;/m0./s1. The molecule has 0 radical (unpaired) electrons. The molecule has 2 N–H and O–H groups in total. The van der Waals surface area contributed by atoms with Crippen molar-refractivity contribution in [3.8, 4) is 0 Å². The van der Waals surface area contributed by atoms with Gasteiger partial charge in [0.05, 0.1) is 17.6 Å². The summed E-state index contributed by atoms with van der Waals surface area (Å²) in [6.07, 6.45) is 2.47. The van der Waals surface area contributed by atoms with E-state index in [2.05, 4.69) is 15.4 Å². The summed E-state index contributed by atoms with van der Waals surface area (Å²) >= 11 is 0. The zero-order valence-electron chi connectivity index (χ0n) is 14.4. The Hall–Kier alpha value is -1.64. The third-order valence-electron chi connectivity index (χ3n) is 4.02. The summed E-state index contributed by atoms with van der Waals surface area (Å²) in [5.74, 6) is -0.985. The van der Waals surface area contributed by atoms with E-state index in [1.54, 1.807) is 0 Å².